The molecule has 0 fully saturated rings. The number of anilines is 1. The summed E-state index contributed by atoms with van der Waals surface area (Å²) in [5, 5.41) is 12.2. The summed E-state index contributed by atoms with van der Waals surface area (Å²) in [4.78, 5) is 4.07. The molecule has 0 aliphatic heterocycles. The summed E-state index contributed by atoms with van der Waals surface area (Å²) in [6, 6.07) is 2.12. The topological polar surface area (TPSA) is 48.7 Å². The van der Waals surface area contributed by atoms with Crippen molar-refractivity contribution >= 4 is 11.3 Å². The van der Waals surface area contributed by atoms with Gasteiger partial charge in [-0.15, -0.1) is 0 Å². The molecular weight excluding hydrogens is 222 g/mol. The fraction of sp³-hybridized carbons (Fsp3) is 0.0667. The molecule has 1 N–H and O–H groups in total. The molecule has 0 bridgehead atoms. The molecule has 1 aromatic heterocycles. The maximum Gasteiger partial charge on any atom is 0.103 e. The fourth-order valence-electron chi connectivity index (χ4n) is 1.48. The highest BCUT2D eigenvalue weighted by Gasteiger charge is 2.09. The van der Waals surface area contributed by atoms with Crippen LogP contribution in [0.15, 0.2) is 56.1 Å². The van der Waals surface area contributed by atoms with Crippen LogP contribution in [-0.2, 0) is 0 Å². The number of nitrogens with one attached hydrogen (secondary N) is 1. The van der Waals surface area contributed by atoms with Crippen LogP contribution in [0.5, 0.6) is 0 Å². The molecule has 0 saturated heterocycles. The third-order valence-electron chi connectivity index (χ3n) is 2.29. The van der Waals surface area contributed by atoms with E-state index < -0.39 is 0 Å². The predicted octanol–water partition coefficient (Wildman–Crippen LogP) is 3.65. The molecule has 0 unspecified atom stereocenters. The maximum atomic E-state index is 9.11. The van der Waals surface area contributed by atoms with Gasteiger partial charge in [-0.3, -0.25) is 4.98 Å². The van der Waals surface area contributed by atoms with Gasteiger partial charge in [-0.1, -0.05) is 37.5 Å². The predicted molar refractivity (Wildman–Crippen MR) is 75.8 cm³/mol. The van der Waals surface area contributed by atoms with E-state index in [4.69, 9.17) is 5.26 Å². The molecule has 3 nitrogen and oxygen atoms in total. The van der Waals surface area contributed by atoms with Gasteiger partial charge in [0.25, 0.3) is 0 Å². The summed E-state index contributed by atoms with van der Waals surface area (Å²) in [6.07, 6.45) is 12.1. The Labute approximate surface area is 107 Å². The molecule has 90 valence electrons. The summed E-state index contributed by atoms with van der Waals surface area (Å²) < 4.78 is 0. The zero-order valence-electron chi connectivity index (χ0n) is 10.4. The van der Waals surface area contributed by atoms with Crippen molar-refractivity contribution in [1.29, 1.82) is 5.26 Å². The van der Waals surface area contributed by atoms with E-state index in [1.807, 2.05) is 19.1 Å². The summed E-state index contributed by atoms with van der Waals surface area (Å²) >= 11 is 0. The van der Waals surface area contributed by atoms with Gasteiger partial charge in [-0.2, -0.15) is 5.26 Å². The molecule has 0 atom stereocenters. The van der Waals surface area contributed by atoms with Crippen molar-refractivity contribution in [3.8, 4) is 6.07 Å². The molecule has 3 heteroatoms. The van der Waals surface area contributed by atoms with Crippen LogP contribution in [0.3, 0.4) is 0 Å². The highest BCUT2D eigenvalue weighted by Crippen LogP contribution is 2.27. The highest BCUT2D eigenvalue weighted by atomic mass is 14.9. The maximum absolute atomic E-state index is 9.11. The number of aromatic nitrogens is 1. The van der Waals surface area contributed by atoms with Gasteiger partial charge in [-0.05, 0) is 18.7 Å². The van der Waals surface area contributed by atoms with E-state index >= 15 is 0 Å². The van der Waals surface area contributed by atoms with Gasteiger partial charge in [0.1, 0.15) is 6.07 Å². The Morgan fingerprint density at radius 3 is 2.78 bits per heavy atom. The van der Waals surface area contributed by atoms with Crippen molar-refractivity contribution in [2.45, 2.75) is 6.92 Å². The number of allylic oxidation sites excluding steroid dienone is 5. The first-order valence-electron chi connectivity index (χ1n) is 5.49. The van der Waals surface area contributed by atoms with Gasteiger partial charge in [0.05, 0.1) is 11.3 Å². The Hall–Kier alpha value is -2.60. The van der Waals surface area contributed by atoms with E-state index in [0.717, 1.165) is 16.8 Å². The van der Waals surface area contributed by atoms with Crippen LogP contribution in [0.4, 0.5) is 5.69 Å². The molecule has 0 aromatic carbocycles. The van der Waals surface area contributed by atoms with Crippen molar-refractivity contribution < 1.29 is 0 Å². The lowest BCUT2D eigenvalue weighted by Gasteiger charge is -2.11. The monoisotopic (exact) mass is 237 g/mol. The van der Waals surface area contributed by atoms with Crippen molar-refractivity contribution in [3.63, 3.8) is 0 Å². The zero-order chi connectivity index (χ0) is 13.4. The van der Waals surface area contributed by atoms with Gasteiger partial charge in [0.2, 0.25) is 0 Å². The quantitative estimate of drug-likeness (QED) is 0.795. The average Bonchev–Trinajstić information content (AvgIpc) is 2.42. The Balaban J connectivity index is 3.42. The van der Waals surface area contributed by atoms with Crippen LogP contribution < -0.4 is 5.32 Å². The lowest BCUT2D eigenvalue weighted by molar-refractivity contribution is 1.28. The minimum absolute atomic E-state index is 0.488. The van der Waals surface area contributed by atoms with Crippen LogP contribution in [0, 0.1) is 11.3 Å². The Morgan fingerprint density at radius 2 is 2.22 bits per heavy atom. The molecule has 18 heavy (non-hydrogen) atoms. The molecule has 1 heterocycles. The second kappa shape index (κ2) is 6.87. The first-order valence-corrected chi connectivity index (χ1v) is 5.49. The molecule has 0 spiro atoms. The van der Waals surface area contributed by atoms with Gasteiger partial charge >= 0.3 is 0 Å². The SMILES string of the molecule is C=C/C=C(\C=C)c1cncc(C#N)c1N/C=C/C. The van der Waals surface area contributed by atoms with E-state index in [0.29, 0.717) is 5.56 Å². The Bertz CT molecular complexity index is 545. The molecule has 0 saturated carbocycles. The van der Waals surface area contributed by atoms with Crippen LogP contribution in [0.2, 0.25) is 0 Å². The largest absolute Gasteiger partial charge is 0.360 e. The third kappa shape index (κ3) is 2.96. The molecule has 0 aliphatic rings. The fourth-order valence-corrected chi connectivity index (χ4v) is 1.48. The van der Waals surface area contributed by atoms with Gasteiger partial charge < -0.3 is 5.32 Å². The van der Waals surface area contributed by atoms with E-state index in [-0.39, 0.29) is 0 Å². The zero-order valence-corrected chi connectivity index (χ0v) is 10.4. The molecule has 1 rings (SSSR count). The first-order chi connectivity index (χ1) is 8.78. The van der Waals surface area contributed by atoms with Crippen LogP contribution in [-0.4, -0.2) is 4.98 Å². The second-order valence-corrected chi connectivity index (χ2v) is 3.43. The molecule has 1 aromatic rings. The lowest BCUT2D eigenvalue weighted by Crippen LogP contribution is -1.98. The van der Waals surface area contributed by atoms with E-state index in [2.05, 4.69) is 29.5 Å². The minimum Gasteiger partial charge on any atom is -0.360 e. The normalized spacial score (nSPS) is 11.0. The van der Waals surface area contributed by atoms with Crippen molar-refractivity contribution in [1.82, 2.24) is 4.98 Å². The molecule has 0 radical (unpaired) electrons. The molecule has 0 aliphatic carbocycles. The number of pyridine rings is 1. The first kappa shape index (κ1) is 13.5. The summed E-state index contributed by atoms with van der Waals surface area (Å²) in [6.45, 7) is 9.32. The number of nitrogens with zero attached hydrogens (tertiary/aromatic N) is 2. The standard InChI is InChI=1S/C15H15N3/c1-4-7-12(6-3)14-11-17-10-13(9-16)15(14)18-8-5-2/h4-8,10-11H,1,3H2,2H3,(H,17,18)/b8-5+,12-7+. The van der Waals surface area contributed by atoms with Crippen molar-refractivity contribution in [2.75, 3.05) is 5.32 Å². The average molecular weight is 237 g/mol. The van der Waals surface area contributed by atoms with E-state index in [1.165, 1.54) is 6.20 Å². The van der Waals surface area contributed by atoms with E-state index in [1.54, 1.807) is 24.5 Å². The lowest BCUT2D eigenvalue weighted by atomic mass is 10.0. The number of rotatable bonds is 5. The van der Waals surface area contributed by atoms with E-state index in [9.17, 15) is 0 Å². The third-order valence-corrected chi connectivity index (χ3v) is 2.29. The van der Waals surface area contributed by atoms with Crippen LogP contribution in [0.1, 0.15) is 18.1 Å². The van der Waals surface area contributed by atoms with Gasteiger partial charge in [0, 0.05) is 18.0 Å². The second-order valence-electron chi connectivity index (χ2n) is 3.43. The highest BCUT2D eigenvalue weighted by molar-refractivity contribution is 5.84. The Morgan fingerprint density at radius 1 is 1.44 bits per heavy atom. The van der Waals surface area contributed by atoms with Crippen LogP contribution in [0.25, 0.3) is 5.57 Å². The van der Waals surface area contributed by atoms with Crippen molar-refractivity contribution in [2.24, 2.45) is 0 Å². The number of hydrogen-bond acceptors (Lipinski definition) is 3. The van der Waals surface area contributed by atoms with Crippen LogP contribution >= 0.6 is 0 Å². The molecular formula is C15H15N3. The van der Waals surface area contributed by atoms with Gasteiger partial charge in [0.15, 0.2) is 0 Å². The number of hydrogen-bond donors (Lipinski definition) is 1. The number of nitriles is 1. The summed E-state index contributed by atoms with van der Waals surface area (Å²) in [7, 11) is 0. The Kier molecular flexibility index (Phi) is 5.14. The smallest absolute Gasteiger partial charge is 0.103 e. The summed E-state index contributed by atoms with van der Waals surface area (Å²) in [5.74, 6) is 0. The van der Waals surface area contributed by atoms with Gasteiger partial charge in [-0.25, -0.2) is 0 Å². The molecule has 0 amide bonds. The van der Waals surface area contributed by atoms with Crippen molar-refractivity contribution in [3.05, 3.63) is 67.2 Å². The minimum atomic E-state index is 0.488. The summed E-state index contributed by atoms with van der Waals surface area (Å²) in [5.41, 5.74) is 2.89.